The second-order valence-electron chi connectivity index (χ2n) is 6.12. The summed E-state index contributed by atoms with van der Waals surface area (Å²) in [7, 11) is 0. The Balaban J connectivity index is 2.36. The molecule has 26 heavy (non-hydrogen) atoms. The fraction of sp³-hybridized carbons (Fsp3) is 0.211. The van der Waals surface area contributed by atoms with Gasteiger partial charge in [-0.2, -0.15) is 0 Å². The molecule has 3 aromatic rings. The van der Waals surface area contributed by atoms with Gasteiger partial charge in [0, 0.05) is 17.3 Å². The third-order valence-corrected chi connectivity index (χ3v) is 4.17. The first-order chi connectivity index (χ1) is 12.3. The number of pyridine rings is 1. The maximum absolute atomic E-state index is 14.2. The molecule has 0 bridgehead atoms. The van der Waals surface area contributed by atoms with E-state index in [1.165, 1.54) is 18.3 Å². The summed E-state index contributed by atoms with van der Waals surface area (Å²) >= 11 is 0. The molecule has 0 aliphatic rings. The minimum atomic E-state index is -1.20. The SMILES string of the molecule is Cc1cc([C@@H](C)NC(=O)O)c2oc(-c3ncccc3F)c(C)c(=O)c2c1. The van der Waals surface area contributed by atoms with Crippen LogP contribution in [0.1, 0.15) is 29.7 Å². The Labute approximate surface area is 148 Å². The number of fused-ring (bicyclic) bond motifs is 1. The van der Waals surface area contributed by atoms with E-state index >= 15 is 0 Å². The first kappa shape index (κ1) is 17.6. The lowest BCUT2D eigenvalue weighted by atomic mass is 9.99. The highest BCUT2D eigenvalue weighted by Crippen LogP contribution is 2.30. The van der Waals surface area contributed by atoms with Crippen molar-refractivity contribution in [2.24, 2.45) is 0 Å². The van der Waals surface area contributed by atoms with Crippen LogP contribution in [-0.2, 0) is 0 Å². The molecule has 2 aromatic heterocycles. The van der Waals surface area contributed by atoms with E-state index in [1.54, 1.807) is 32.9 Å². The maximum Gasteiger partial charge on any atom is 0.405 e. The monoisotopic (exact) mass is 356 g/mol. The topological polar surface area (TPSA) is 92.4 Å². The average Bonchev–Trinajstić information content (AvgIpc) is 2.58. The number of carbonyl (C=O) groups is 1. The van der Waals surface area contributed by atoms with E-state index in [9.17, 15) is 14.0 Å². The molecule has 3 rings (SSSR count). The molecule has 1 atom stereocenters. The number of halogens is 1. The minimum Gasteiger partial charge on any atom is -0.465 e. The molecule has 0 aliphatic heterocycles. The number of aryl methyl sites for hydroxylation is 1. The van der Waals surface area contributed by atoms with Gasteiger partial charge in [0.25, 0.3) is 0 Å². The van der Waals surface area contributed by atoms with E-state index < -0.39 is 18.0 Å². The van der Waals surface area contributed by atoms with Crippen molar-refractivity contribution in [3.63, 3.8) is 0 Å². The number of benzene rings is 1. The lowest BCUT2D eigenvalue weighted by Gasteiger charge is -2.16. The normalized spacial score (nSPS) is 12.2. The van der Waals surface area contributed by atoms with Gasteiger partial charge in [-0.1, -0.05) is 6.07 Å². The summed E-state index contributed by atoms with van der Waals surface area (Å²) in [6.45, 7) is 5.00. The highest BCUT2D eigenvalue weighted by molar-refractivity contribution is 5.84. The lowest BCUT2D eigenvalue weighted by molar-refractivity contribution is 0.191. The van der Waals surface area contributed by atoms with Crippen LogP contribution in [0.2, 0.25) is 0 Å². The Morgan fingerprint density at radius 2 is 2.08 bits per heavy atom. The quantitative estimate of drug-likeness (QED) is 0.741. The molecule has 0 radical (unpaired) electrons. The van der Waals surface area contributed by atoms with Crippen LogP contribution in [0.3, 0.4) is 0 Å². The number of rotatable bonds is 3. The summed E-state index contributed by atoms with van der Waals surface area (Å²) in [5, 5.41) is 11.7. The molecule has 7 heteroatoms. The molecule has 0 unspecified atom stereocenters. The molecular formula is C19H17FN2O4. The fourth-order valence-electron chi connectivity index (χ4n) is 2.93. The molecule has 0 fully saturated rings. The predicted octanol–water partition coefficient (Wildman–Crippen LogP) is 3.94. The van der Waals surface area contributed by atoms with Crippen LogP contribution in [0.15, 0.2) is 39.7 Å². The van der Waals surface area contributed by atoms with Crippen molar-refractivity contribution in [1.82, 2.24) is 10.3 Å². The number of hydrogen-bond acceptors (Lipinski definition) is 4. The van der Waals surface area contributed by atoms with Gasteiger partial charge in [0.15, 0.2) is 17.0 Å². The maximum atomic E-state index is 14.2. The molecule has 0 saturated heterocycles. The lowest BCUT2D eigenvalue weighted by Crippen LogP contribution is -2.25. The summed E-state index contributed by atoms with van der Waals surface area (Å²) in [6, 6.07) is 5.46. The van der Waals surface area contributed by atoms with Gasteiger partial charge in [-0.25, -0.2) is 14.2 Å². The second kappa shape index (κ2) is 6.59. The summed E-state index contributed by atoms with van der Waals surface area (Å²) < 4.78 is 20.1. The van der Waals surface area contributed by atoms with Crippen molar-refractivity contribution in [3.8, 4) is 11.5 Å². The zero-order valence-electron chi connectivity index (χ0n) is 14.5. The van der Waals surface area contributed by atoms with Gasteiger partial charge < -0.3 is 14.8 Å². The van der Waals surface area contributed by atoms with Crippen molar-refractivity contribution in [1.29, 1.82) is 0 Å². The largest absolute Gasteiger partial charge is 0.465 e. The average molecular weight is 356 g/mol. The van der Waals surface area contributed by atoms with Gasteiger partial charge in [-0.15, -0.1) is 0 Å². The van der Waals surface area contributed by atoms with Gasteiger partial charge in [0.2, 0.25) is 0 Å². The van der Waals surface area contributed by atoms with Gasteiger partial charge in [-0.3, -0.25) is 4.79 Å². The van der Waals surface area contributed by atoms with Crippen LogP contribution in [-0.4, -0.2) is 16.2 Å². The van der Waals surface area contributed by atoms with Crippen molar-refractivity contribution in [3.05, 3.63) is 63.2 Å². The first-order valence-corrected chi connectivity index (χ1v) is 7.98. The van der Waals surface area contributed by atoms with E-state index in [4.69, 9.17) is 9.52 Å². The fourth-order valence-corrected chi connectivity index (χ4v) is 2.93. The minimum absolute atomic E-state index is 0.0354. The third-order valence-electron chi connectivity index (χ3n) is 4.17. The third kappa shape index (κ3) is 3.03. The zero-order valence-corrected chi connectivity index (χ0v) is 14.5. The molecule has 0 saturated carbocycles. The molecule has 0 spiro atoms. The number of carboxylic acid groups (broad SMARTS) is 1. The Bertz CT molecular complexity index is 1080. The molecule has 1 aromatic carbocycles. The second-order valence-corrected chi connectivity index (χ2v) is 6.12. The van der Waals surface area contributed by atoms with Crippen LogP contribution in [0.4, 0.5) is 9.18 Å². The Kier molecular flexibility index (Phi) is 4.46. The van der Waals surface area contributed by atoms with E-state index in [2.05, 4.69) is 10.3 Å². The van der Waals surface area contributed by atoms with Crippen LogP contribution < -0.4 is 10.7 Å². The van der Waals surface area contributed by atoms with Gasteiger partial charge in [0.05, 0.1) is 11.4 Å². The Morgan fingerprint density at radius 3 is 2.73 bits per heavy atom. The number of nitrogens with zero attached hydrogens (tertiary/aromatic N) is 1. The van der Waals surface area contributed by atoms with Gasteiger partial charge in [-0.05, 0) is 44.5 Å². The van der Waals surface area contributed by atoms with Crippen molar-refractivity contribution in [2.75, 3.05) is 0 Å². The van der Waals surface area contributed by atoms with E-state index in [0.717, 1.165) is 5.56 Å². The van der Waals surface area contributed by atoms with E-state index in [1.807, 2.05) is 0 Å². The molecule has 0 aliphatic carbocycles. The molecule has 2 heterocycles. The number of amides is 1. The van der Waals surface area contributed by atoms with Crippen molar-refractivity contribution < 1.29 is 18.7 Å². The number of aromatic nitrogens is 1. The zero-order chi connectivity index (χ0) is 19.0. The summed E-state index contributed by atoms with van der Waals surface area (Å²) in [5.74, 6) is -0.573. The van der Waals surface area contributed by atoms with Crippen LogP contribution in [0.5, 0.6) is 0 Å². The van der Waals surface area contributed by atoms with Crippen LogP contribution >= 0.6 is 0 Å². The Morgan fingerprint density at radius 1 is 1.35 bits per heavy atom. The van der Waals surface area contributed by atoms with Gasteiger partial charge in [0.1, 0.15) is 11.3 Å². The van der Waals surface area contributed by atoms with E-state index in [-0.39, 0.29) is 28.0 Å². The number of nitrogens with one attached hydrogen (secondary N) is 1. The molecule has 134 valence electrons. The van der Waals surface area contributed by atoms with Crippen LogP contribution in [0, 0.1) is 19.7 Å². The summed E-state index contributed by atoms with van der Waals surface area (Å²) in [5.41, 5.74) is 1.37. The standard InChI is InChI=1S/C19H17FN2O4/c1-9-7-12(11(3)22-19(24)25)18-13(8-9)16(23)10(2)17(26-18)15-14(20)5-4-6-21-15/h4-8,11,22H,1-3H3,(H,24,25)/t11-/m1/s1. The van der Waals surface area contributed by atoms with Gasteiger partial charge >= 0.3 is 6.09 Å². The first-order valence-electron chi connectivity index (χ1n) is 7.98. The number of hydrogen-bond donors (Lipinski definition) is 2. The van der Waals surface area contributed by atoms with E-state index in [0.29, 0.717) is 10.9 Å². The highest BCUT2D eigenvalue weighted by Gasteiger charge is 2.21. The van der Waals surface area contributed by atoms with Crippen molar-refractivity contribution >= 4 is 17.1 Å². The molecule has 6 nitrogen and oxygen atoms in total. The summed E-state index contributed by atoms with van der Waals surface area (Å²) in [6.07, 6.45) is 0.213. The molecule has 2 N–H and O–H groups in total. The smallest absolute Gasteiger partial charge is 0.405 e. The van der Waals surface area contributed by atoms with Crippen LogP contribution in [0.25, 0.3) is 22.4 Å². The Hall–Kier alpha value is -3.22. The summed E-state index contributed by atoms with van der Waals surface area (Å²) in [4.78, 5) is 27.8. The molecule has 1 amide bonds. The molecular weight excluding hydrogens is 339 g/mol. The predicted molar refractivity (Wildman–Crippen MR) is 94.7 cm³/mol. The van der Waals surface area contributed by atoms with Crippen molar-refractivity contribution in [2.45, 2.75) is 26.8 Å². The highest BCUT2D eigenvalue weighted by atomic mass is 19.1.